The molecule has 6 heteroatoms. The standard InChI is InChI=1S/C16H24N2O4/c1-4-22-10-6-9-18(11-13(3)16(20)21)15(19)14-12(2)7-5-8-17-14/h5,7-8,13H,4,6,9-11H2,1-3H3,(H,20,21). The zero-order valence-electron chi connectivity index (χ0n) is 13.4. The molecule has 0 spiro atoms. The summed E-state index contributed by atoms with van der Waals surface area (Å²) < 4.78 is 5.28. The number of carboxylic acid groups (broad SMARTS) is 1. The third kappa shape index (κ3) is 5.44. The van der Waals surface area contributed by atoms with E-state index in [1.165, 1.54) is 0 Å². The number of hydrogen-bond acceptors (Lipinski definition) is 4. The number of carbonyl (C=O) groups excluding carboxylic acids is 1. The molecular formula is C16H24N2O4. The molecule has 22 heavy (non-hydrogen) atoms. The third-order valence-electron chi connectivity index (χ3n) is 3.34. The topological polar surface area (TPSA) is 79.7 Å². The van der Waals surface area contributed by atoms with Gasteiger partial charge in [-0.25, -0.2) is 0 Å². The van der Waals surface area contributed by atoms with Gasteiger partial charge in [-0.15, -0.1) is 0 Å². The van der Waals surface area contributed by atoms with Crippen molar-refractivity contribution in [3.8, 4) is 0 Å². The zero-order chi connectivity index (χ0) is 16.5. The highest BCUT2D eigenvalue weighted by atomic mass is 16.5. The van der Waals surface area contributed by atoms with Gasteiger partial charge in [0.15, 0.2) is 0 Å². The molecular weight excluding hydrogens is 284 g/mol. The molecule has 0 aromatic carbocycles. The second-order valence-corrected chi connectivity index (χ2v) is 5.21. The number of carboxylic acids is 1. The summed E-state index contributed by atoms with van der Waals surface area (Å²) >= 11 is 0. The third-order valence-corrected chi connectivity index (χ3v) is 3.34. The highest BCUT2D eigenvalue weighted by molar-refractivity contribution is 5.93. The Labute approximate surface area is 131 Å². The van der Waals surface area contributed by atoms with E-state index in [1.807, 2.05) is 19.9 Å². The summed E-state index contributed by atoms with van der Waals surface area (Å²) in [6.45, 7) is 7.10. The van der Waals surface area contributed by atoms with Crippen molar-refractivity contribution in [1.29, 1.82) is 0 Å². The molecule has 1 N–H and O–H groups in total. The fourth-order valence-electron chi connectivity index (χ4n) is 2.05. The molecule has 1 atom stereocenters. The van der Waals surface area contributed by atoms with Crippen molar-refractivity contribution in [2.24, 2.45) is 5.92 Å². The zero-order valence-corrected chi connectivity index (χ0v) is 13.4. The lowest BCUT2D eigenvalue weighted by Crippen LogP contribution is -2.38. The van der Waals surface area contributed by atoms with Gasteiger partial charge in [0, 0.05) is 32.5 Å². The number of pyridine rings is 1. The van der Waals surface area contributed by atoms with E-state index in [2.05, 4.69) is 4.98 Å². The van der Waals surface area contributed by atoms with Gasteiger partial charge >= 0.3 is 5.97 Å². The smallest absolute Gasteiger partial charge is 0.308 e. The van der Waals surface area contributed by atoms with E-state index in [9.17, 15) is 9.59 Å². The van der Waals surface area contributed by atoms with E-state index in [1.54, 1.807) is 24.1 Å². The van der Waals surface area contributed by atoms with Crippen molar-refractivity contribution in [3.63, 3.8) is 0 Å². The van der Waals surface area contributed by atoms with Crippen molar-refractivity contribution in [2.45, 2.75) is 27.2 Å². The summed E-state index contributed by atoms with van der Waals surface area (Å²) in [6, 6.07) is 3.59. The Bertz CT molecular complexity index is 505. The van der Waals surface area contributed by atoms with E-state index in [0.29, 0.717) is 31.9 Å². The summed E-state index contributed by atoms with van der Waals surface area (Å²) in [7, 11) is 0. The molecule has 0 aliphatic heterocycles. The van der Waals surface area contributed by atoms with Crippen LogP contribution in [0.5, 0.6) is 0 Å². The van der Waals surface area contributed by atoms with Gasteiger partial charge in [0.1, 0.15) is 5.69 Å². The van der Waals surface area contributed by atoms with Crippen molar-refractivity contribution in [2.75, 3.05) is 26.3 Å². The summed E-state index contributed by atoms with van der Waals surface area (Å²) in [5, 5.41) is 9.07. The highest BCUT2D eigenvalue weighted by Crippen LogP contribution is 2.11. The molecule has 0 fully saturated rings. The van der Waals surface area contributed by atoms with E-state index >= 15 is 0 Å². The summed E-state index contributed by atoms with van der Waals surface area (Å²) in [5.41, 5.74) is 1.15. The van der Waals surface area contributed by atoms with Crippen LogP contribution in [0.15, 0.2) is 18.3 Å². The molecule has 0 aliphatic rings. The van der Waals surface area contributed by atoms with Gasteiger partial charge in [-0.05, 0) is 31.9 Å². The van der Waals surface area contributed by atoms with E-state index < -0.39 is 11.9 Å². The Balaban J connectivity index is 2.81. The number of nitrogens with zero attached hydrogens (tertiary/aromatic N) is 2. The molecule has 1 unspecified atom stereocenters. The molecule has 1 heterocycles. The van der Waals surface area contributed by atoms with Gasteiger partial charge in [0.25, 0.3) is 5.91 Å². The van der Waals surface area contributed by atoms with Crippen LogP contribution in [-0.2, 0) is 9.53 Å². The number of aromatic nitrogens is 1. The van der Waals surface area contributed by atoms with Crippen molar-refractivity contribution >= 4 is 11.9 Å². The average molecular weight is 308 g/mol. The van der Waals surface area contributed by atoms with Gasteiger partial charge in [-0.3, -0.25) is 14.6 Å². The van der Waals surface area contributed by atoms with Crippen LogP contribution in [0.1, 0.15) is 36.3 Å². The van der Waals surface area contributed by atoms with Crippen LogP contribution in [0, 0.1) is 12.8 Å². The van der Waals surface area contributed by atoms with Gasteiger partial charge < -0.3 is 14.7 Å². The van der Waals surface area contributed by atoms with E-state index in [0.717, 1.165) is 5.56 Å². The van der Waals surface area contributed by atoms with Gasteiger partial charge in [0.05, 0.1) is 5.92 Å². The molecule has 1 aromatic rings. The first-order valence-corrected chi connectivity index (χ1v) is 7.48. The summed E-state index contributed by atoms with van der Waals surface area (Å²) in [4.78, 5) is 29.4. The number of amides is 1. The minimum atomic E-state index is -0.916. The maximum Gasteiger partial charge on any atom is 0.308 e. The summed E-state index contributed by atoms with van der Waals surface area (Å²) in [6.07, 6.45) is 2.23. The molecule has 0 bridgehead atoms. The number of rotatable bonds is 9. The second-order valence-electron chi connectivity index (χ2n) is 5.21. The minimum absolute atomic E-state index is 0.163. The number of aliphatic carboxylic acids is 1. The van der Waals surface area contributed by atoms with Crippen LogP contribution < -0.4 is 0 Å². The van der Waals surface area contributed by atoms with E-state index in [4.69, 9.17) is 9.84 Å². The van der Waals surface area contributed by atoms with Gasteiger partial charge in [-0.2, -0.15) is 0 Å². The number of hydrogen-bond donors (Lipinski definition) is 1. The van der Waals surface area contributed by atoms with Crippen molar-refractivity contribution in [1.82, 2.24) is 9.88 Å². The Kier molecular flexibility index (Phi) is 7.52. The largest absolute Gasteiger partial charge is 0.481 e. The Morgan fingerprint density at radius 1 is 1.45 bits per heavy atom. The molecule has 122 valence electrons. The Morgan fingerprint density at radius 2 is 2.18 bits per heavy atom. The predicted octanol–water partition coefficient (Wildman–Crippen LogP) is 1.98. The molecule has 0 radical (unpaired) electrons. The molecule has 1 rings (SSSR count). The van der Waals surface area contributed by atoms with Crippen LogP contribution in [0.3, 0.4) is 0 Å². The van der Waals surface area contributed by atoms with Crippen molar-refractivity contribution in [3.05, 3.63) is 29.6 Å². The van der Waals surface area contributed by atoms with Crippen LogP contribution in [0.25, 0.3) is 0 Å². The Morgan fingerprint density at radius 3 is 2.77 bits per heavy atom. The van der Waals surface area contributed by atoms with E-state index in [-0.39, 0.29) is 12.5 Å². The number of carbonyl (C=O) groups is 2. The van der Waals surface area contributed by atoms with Crippen molar-refractivity contribution < 1.29 is 19.4 Å². The second kappa shape index (κ2) is 9.15. The minimum Gasteiger partial charge on any atom is -0.481 e. The van der Waals surface area contributed by atoms with Crippen LogP contribution in [0.2, 0.25) is 0 Å². The normalized spacial score (nSPS) is 12.0. The van der Waals surface area contributed by atoms with Gasteiger partial charge in [0.2, 0.25) is 0 Å². The maximum absolute atomic E-state index is 12.6. The lowest BCUT2D eigenvalue weighted by molar-refractivity contribution is -0.141. The first-order valence-electron chi connectivity index (χ1n) is 7.48. The molecule has 6 nitrogen and oxygen atoms in total. The molecule has 1 aromatic heterocycles. The lowest BCUT2D eigenvalue weighted by Gasteiger charge is -2.24. The SMILES string of the molecule is CCOCCCN(CC(C)C(=O)O)C(=O)c1ncccc1C. The Hall–Kier alpha value is -1.95. The lowest BCUT2D eigenvalue weighted by atomic mass is 10.1. The van der Waals surface area contributed by atoms with Crippen LogP contribution >= 0.6 is 0 Å². The number of ether oxygens (including phenoxy) is 1. The monoisotopic (exact) mass is 308 g/mol. The molecule has 0 saturated carbocycles. The maximum atomic E-state index is 12.6. The van der Waals surface area contributed by atoms with Crippen LogP contribution in [0.4, 0.5) is 0 Å². The number of aryl methyl sites for hydroxylation is 1. The summed E-state index contributed by atoms with van der Waals surface area (Å²) in [5.74, 6) is -1.77. The predicted molar refractivity (Wildman–Crippen MR) is 82.8 cm³/mol. The highest BCUT2D eigenvalue weighted by Gasteiger charge is 2.23. The first-order chi connectivity index (χ1) is 10.5. The van der Waals surface area contributed by atoms with Crippen LogP contribution in [-0.4, -0.2) is 53.2 Å². The first kappa shape index (κ1) is 18.1. The fourth-order valence-corrected chi connectivity index (χ4v) is 2.05. The molecule has 1 amide bonds. The average Bonchev–Trinajstić information content (AvgIpc) is 2.49. The fraction of sp³-hybridized carbons (Fsp3) is 0.562. The quantitative estimate of drug-likeness (QED) is 0.706. The van der Waals surface area contributed by atoms with Gasteiger partial charge in [-0.1, -0.05) is 13.0 Å². The molecule has 0 aliphatic carbocycles. The molecule has 0 saturated heterocycles.